The molecule has 0 radical (unpaired) electrons. The van der Waals surface area contributed by atoms with Gasteiger partial charge in [-0.2, -0.15) is 0 Å². The number of nitrogens with zero attached hydrogens (tertiary/aromatic N) is 5. The predicted molar refractivity (Wildman–Crippen MR) is 102 cm³/mol. The van der Waals surface area contributed by atoms with Crippen molar-refractivity contribution in [3.63, 3.8) is 0 Å². The van der Waals surface area contributed by atoms with E-state index in [1.165, 1.54) is 11.3 Å². The Labute approximate surface area is 157 Å². The van der Waals surface area contributed by atoms with Gasteiger partial charge in [-0.25, -0.2) is 4.98 Å². The van der Waals surface area contributed by atoms with Crippen molar-refractivity contribution >= 4 is 28.2 Å². The van der Waals surface area contributed by atoms with Gasteiger partial charge < -0.3 is 9.64 Å². The Bertz CT molecular complexity index is 694. The van der Waals surface area contributed by atoms with Crippen molar-refractivity contribution in [2.24, 2.45) is 0 Å². The molecule has 3 rings (SSSR count). The molecule has 26 heavy (non-hydrogen) atoms. The first-order valence-electron chi connectivity index (χ1n) is 8.72. The van der Waals surface area contributed by atoms with Crippen LogP contribution in [0.2, 0.25) is 0 Å². The Balaban J connectivity index is 1.60. The number of carbonyl (C=O) groups is 1. The van der Waals surface area contributed by atoms with Crippen molar-refractivity contribution in [2.75, 3.05) is 50.1 Å². The molecule has 0 aromatic carbocycles. The predicted octanol–water partition coefficient (Wildman–Crippen LogP) is 1.73. The van der Waals surface area contributed by atoms with E-state index in [1.807, 2.05) is 6.07 Å². The van der Waals surface area contributed by atoms with Gasteiger partial charge in [-0.05, 0) is 18.6 Å². The topological polar surface area (TPSA) is 83.5 Å². The maximum Gasteiger partial charge on any atom is 0.259 e. The van der Waals surface area contributed by atoms with Gasteiger partial charge in [0.1, 0.15) is 11.3 Å². The highest BCUT2D eigenvalue weighted by Gasteiger charge is 2.26. The molecule has 1 unspecified atom stereocenters. The maximum absolute atomic E-state index is 12.2. The smallest absolute Gasteiger partial charge is 0.259 e. The number of hydrogen-bond donors (Lipinski definition) is 1. The van der Waals surface area contributed by atoms with Crippen molar-refractivity contribution in [2.45, 2.75) is 19.4 Å². The molecule has 1 fully saturated rings. The van der Waals surface area contributed by atoms with Gasteiger partial charge in [0, 0.05) is 45.5 Å². The van der Waals surface area contributed by atoms with Crippen molar-refractivity contribution in [1.82, 2.24) is 20.1 Å². The van der Waals surface area contributed by atoms with E-state index in [4.69, 9.17) is 4.74 Å². The quantitative estimate of drug-likeness (QED) is 0.788. The number of amides is 1. The average molecular weight is 376 g/mol. The molecule has 9 heteroatoms. The number of methoxy groups -OCH3 is 1. The molecule has 1 aliphatic heterocycles. The second-order valence-electron chi connectivity index (χ2n) is 6.14. The highest BCUT2D eigenvalue weighted by molar-refractivity contribution is 7.13. The molecule has 2 aromatic heterocycles. The summed E-state index contributed by atoms with van der Waals surface area (Å²) in [6.07, 6.45) is 2.70. The van der Waals surface area contributed by atoms with Crippen molar-refractivity contribution in [3.8, 4) is 0 Å². The molecular formula is C17H24N6O2S. The highest BCUT2D eigenvalue weighted by Crippen LogP contribution is 2.19. The standard InChI is InChI=1S/C17H24N6O2S/c1-3-14-11-23(7-6-22(14)8-9-25-2)15-5-4-13(10-18-15)16(24)20-17-21-19-12-26-17/h4-5,10,12,14H,3,6-9,11H2,1-2H3,(H,20,21,24). The number of carbonyl (C=O) groups excluding carboxylic acids is 1. The van der Waals surface area contributed by atoms with Crippen LogP contribution in [0.3, 0.4) is 0 Å². The lowest BCUT2D eigenvalue weighted by atomic mass is 10.1. The fraction of sp³-hybridized carbons (Fsp3) is 0.529. The Morgan fingerprint density at radius 3 is 2.96 bits per heavy atom. The van der Waals surface area contributed by atoms with Crippen LogP contribution < -0.4 is 10.2 Å². The number of hydrogen-bond acceptors (Lipinski definition) is 8. The summed E-state index contributed by atoms with van der Waals surface area (Å²) in [4.78, 5) is 21.5. The van der Waals surface area contributed by atoms with Crippen LogP contribution in [0.4, 0.5) is 10.9 Å². The van der Waals surface area contributed by atoms with Gasteiger partial charge in [-0.15, -0.1) is 10.2 Å². The van der Waals surface area contributed by atoms with Gasteiger partial charge in [-0.3, -0.25) is 15.0 Å². The molecule has 1 aliphatic rings. The van der Waals surface area contributed by atoms with Gasteiger partial charge >= 0.3 is 0 Å². The molecule has 0 aliphatic carbocycles. The molecule has 8 nitrogen and oxygen atoms in total. The third-order valence-corrected chi connectivity index (χ3v) is 5.18. The number of rotatable bonds is 7. The lowest BCUT2D eigenvalue weighted by Gasteiger charge is -2.41. The molecule has 0 saturated carbocycles. The highest BCUT2D eigenvalue weighted by atomic mass is 32.1. The average Bonchev–Trinajstić information content (AvgIpc) is 3.19. The normalized spacial score (nSPS) is 18.1. The molecule has 0 spiro atoms. The van der Waals surface area contributed by atoms with E-state index in [2.05, 4.69) is 37.2 Å². The summed E-state index contributed by atoms with van der Waals surface area (Å²) in [6.45, 7) is 6.77. The Hall–Kier alpha value is -2.10. The van der Waals surface area contributed by atoms with E-state index in [1.54, 1.807) is 24.9 Å². The lowest BCUT2D eigenvalue weighted by molar-refractivity contribution is 0.102. The minimum atomic E-state index is -0.225. The molecule has 140 valence electrons. The summed E-state index contributed by atoms with van der Waals surface area (Å²) < 4.78 is 5.21. The van der Waals surface area contributed by atoms with Crippen LogP contribution in [0.1, 0.15) is 23.7 Å². The van der Waals surface area contributed by atoms with Gasteiger partial charge in [0.15, 0.2) is 0 Å². The zero-order chi connectivity index (χ0) is 18.4. The van der Waals surface area contributed by atoms with Crippen LogP contribution in [0, 0.1) is 0 Å². The largest absolute Gasteiger partial charge is 0.383 e. The fourth-order valence-corrected chi connectivity index (χ4v) is 3.54. The summed E-state index contributed by atoms with van der Waals surface area (Å²) in [5.74, 6) is 0.680. The molecule has 1 amide bonds. The number of aromatic nitrogens is 3. The molecular weight excluding hydrogens is 352 g/mol. The van der Waals surface area contributed by atoms with Crippen LogP contribution in [-0.2, 0) is 4.74 Å². The number of piperazine rings is 1. The molecule has 0 bridgehead atoms. The number of anilines is 2. The number of ether oxygens (including phenoxy) is 1. The van der Waals surface area contributed by atoms with E-state index in [9.17, 15) is 4.79 Å². The van der Waals surface area contributed by atoms with Gasteiger partial charge in [0.2, 0.25) is 5.13 Å². The van der Waals surface area contributed by atoms with Gasteiger partial charge in [0.05, 0.1) is 12.2 Å². The summed E-state index contributed by atoms with van der Waals surface area (Å²) in [5, 5.41) is 10.7. The zero-order valence-corrected chi connectivity index (χ0v) is 15.9. The monoisotopic (exact) mass is 376 g/mol. The van der Waals surface area contributed by atoms with Crippen molar-refractivity contribution < 1.29 is 9.53 Å². The van der Waals surface area contributed by atoms with E-state index >= 15 is 0 Å². The first-order valence-corrected chi connectivity index (χ1v) is 9.60. The van der Waals surface area contributed by atoms with E-state index in [0.29, 0.717) is 16.7 Å². The Morgan fingerprint density at radius 1 is 1.42 bits per heavy atom. The van der Waals surface area contributed by atoms with Crippen LogP contribution in [0.5, 0.6) is 0 Å². The van der Waals surface area contributed by atoms with E-state index in [-0.39, 0.29) is 5.91 Å². The minimum absolute atomic E-state index is 0.225. The number of nitrogens with one attached hydrogen (secondary N) is 1. The third kappa shape index (κ3) is 4.54. The van der Waals surface area contributed by atoms with Crippen LogP contribution in [-0.4, -0.2) is 71.9 Å². The van der Waals surface area contributed by atoms with Crippen molar-refractivity contribution in [3.05, 3.63) is 29.4 Å². The maximum atomic E-state index is 12.2. The van der Waals surface area contributed by atoms with Crippen LogP contribution in [0.25, 0.3) is 0 Å². The summed E-state index contributed by atoms with van der Waals surface area (Å²) in [6, 6.07) is 4.20. The van der Waals surface area contributed by atoms with Crippen LogP contribution in [0.15, 0.2) is 23.8 Å². The summed E-state index contributed by atoms with van der Waals surface area (Å²) >= 11 is 1.28. The summed E-state index contributed by atoms with van der Waals surface area (Å²) in [7, 11) is 1.74. The lowest BCUT2D eigenvalue weighted by Crippen LogP contribution is -2.54. The first-order chi connectivity index (χ1) is 12.7. The zero-order valence-electron chi connectivity index (χ0n) is 15.1. The third-order valence-electron chi connectivity index (χ3n) is 4.57. The second-order valence-corrected chi connectivity index (χ2v) is 6.97. The molecule has 2 aromatic rings. The minimum Gasteiger partial charge on any atom is -0.383 e. The van der Waals surface area contributed by atoms with E-state index in [0.717, 1.165) is 45.0 Å². The number of pyridine rings is 1. The Morgan fingerprint density at radius 2 is 2.31 bits per heavy atom. The Kier molecular flexibility index (Phi) is 6.48. The van der Waals surface area contributed by atoms with Crippen molar-refractivity contribution in [1.29, 1.82) is 0 Å². The van der Waals surface area contributed by atoms with E-state index < -0.39 is 0 Å². The van der Waals surface area contributed by atoms with Crippen LogP contribution >= 0.6 is 11.3 Å². The first kappa shape index (κ1) is 18.7. The van der Waals surface area contributed by atoms with Gasteiger partial charge in [0.25, 0.3) is 5.91 Å². The molecule has 3 heterocycles. The SMILES string of the molecule is CCC1CN(c2ccc(C(=O)Nc3nncs3)cn2)CCN1CCOC. The second kappa shape index (κ2) is 9.02. The summed E-state index contributed by atoms with van der Waals surface area (Å²) in [5.41, 5.74) is 2.09. The molecule has 1 atom stereocenters. The molecule has 1 N–H and O–H groups in total. The fourth-order valence-electron chi connectivity index (χ4n) is 3.10. The van der Waals surface area contributed by atoms with Gasteiger partial charge in [-0.1, -0.05) is 18.3 Å². The molecule has 1 saturated heterocycles.